The molecule has 2 aromatic heterocycles. The summed E-state index contributed by atoms with van der Waals surface area (Å²) in [6.07, 6.45) is 1.55. The first kappa shape index (κ1) is 19.9. The number of amides is 1. The molecule has 1 atom stereocenters. The zero-order valence-electron chi connectivity index (χ0n) is 15.0. The van der Waals surface area contributed by atoms with Crippen LogP contribution in [0.1, 0.15) is 13.8 Å². The van der Waals surface area contributed by atoms with E-state index in [-0.39, 0.29) is 22.3 Å². The summed E-state index contributed by atoms with van der Waals surface area (Å²) in [5.74, 6) is 0.795. The number of nitro benzene ring substituents is 1. The Balaban J connectivity index is 1.75. The second kappa shape index (κ2) is 8.44. The second-order valence-electron chi connectivity index (χ2n) is 5.70. The third-order valence-electron chi connectivity index (χ3n) is 3.84. The summed E-state index contributed by atoms with van der Waals surface area (Å²) < 4.78 is 7.21. The normalized spacial score (nSPS) is 12.0. The largest absolute Gasteiger partial charge is 0.461 e. The van der Waals surface area contributed by atoms with Gasteiger partial charge >= 0.3 is 0 Å². The standard InChI is InChI=1S/C17H16ClN5O4S/c1-3-22-15(14-5-4-8-27-14)20-21-17(22)28-10(2)16(24)19-13-9-11(23(25)26)6-7-12(13)18/h4-10H,3H2,1-2H3,(H,19,24). The smallest absolute Gasteiger partial charge is 0.271 e. The zero-order valence-corrected chi connectivity index (χ0v) is 16.5. The summed E-state index contributed by atoms with van der Waals surface area (Å²) in [6.45, 7) is 4.23. The molecule has 3 rings (SSSR count). The lowest BCUT2D eigenvalue weighted by Gasteiger charge is -2.13. The fraction of sp³-hybridized carbons (Fsp3) is 0.235. The quantitative estimate of drug-likeness (QED) is 0.344. The van der Waals surface area contributed by atoms with Crippen LogP contribution >= 0.6 is 23.4 Å². The van der Waals surface area contributed by atoms with Crippen LogP contribution in [-0.2, 0) is 11.3 Å². The minimum Gasteiger partial charge on any atom is -0.461 e. The Morgan fingerprint density at radius 3 is 2.86 bits per heavy atom. The first-order chi connectivity index (χ1) is 13.4. The second-order valence-corrected chi connectivity index (χ2v) is 7.41. The average molecular weight is 422 g/mol. The molecule has 0 fully saturated rings. The summed E-state index contributed by atoms with van der Waals surface area (Å²) in [4.78, 5) is 22.9. The van der Waals surface area contributed by atoms with Gasteiger partial charge in [0.25, 0.3) is 5.69 Å². The van der Waals surface area contributed by atoms with Gasteiger partial charge in [0.1, 0.15) is 0 Å². The van der Waals surface area contributed by atoms with Gasteiger partial charge in [0.15, 0.2) is 16.7 Å². The van der Waals surface area contributed by atoms with Crippen LogP contribution in [0.5, 0.6) is 0 Å². The lowest BCUT2D eigenvalue weighted by atomic mass is 10.2. The van der Waals surface area contributed by atoms with Crippen LogP contribution in [0.4, 0.5) is 11.4 Å². The van der Waals surface area contributed by atoms with Crippen molar-refractivity contribution in [3.63, 3.8) is 0 Å². The van der Waals surface area contributed by atoms with E-state index >= 15 is 0 Å². The average Bonchev–Trinajstić information content (AvgIpc) is 3.32. The maximum atomic E-state index is 12.5. The van der Waals surface area contributed by atoms with Gasteiger partial charge in [-0.3, -0.25) is 19.5 Å². The number of furan rings is 1. The number of halogens is 1. The van der Waals surface area contributed by atoms with Crippen molar-refractivity contribution >= 4 is 40.6 Å². The predicted octanol–water partition coefficient (Wildman–Crippen LogP) is 4.24. The van der Waals surface area contributed by atoms with Crippen molar-refractivity contribution in [1.29, 1.82) is 0 Å². The van der Waals surface area contributed by atoms with Gasteiger partial charge in [-0.1, -0.05) is 23.4 Å². The molecule has 1 aromatic carbocycles. The van der Waals surface area contributed by atoms with Gasteiger partial charge in [-0.25, -0.2) is 0 Å². The number of carbonyl (C=O) groups is 1. The Kier molecular flexibility index (Phi) is 6.00. The molecule has 9 nitrogen and oxygen atoms in total. The molecule has 1 N–H and O–H groups in total. The number of aromatic nitrogens is 3. The fourth-order valence-corrected chi connectivity index (χ4v) is 3.50. The van der Waals surface area contributed by atoms with Crippen molar-refractivity contribution in [3.8, 4) is 11.6 Å². The molecular formula is C17H16ClN5O4S. The van der Waals surface area contributed by atoms with E-state index in [0.717, 1.165) is 0 Å². The number of non-ortho nitro benzene ring substituents is 1. The number of hydrogen-bond donors (Lipinski definition) is 1. The van der Waals surface area contributed by atoms with E-state index in [0.29, 0.717) is 23.3 Å². The number of hydrogen-bond acceptors (Lipinski definition) is 7. The molecule has 0 aliphatic heterocycles. The number of carbonyl (C=O) groups excluding carboxylic acids is 1. The molecule has 28 heavy (non-hydrogen) atoms. The SMILES string of the molecule is CCn1c(SC(C)C(=O)Nc2cc([N+](=O)[O-])ccc2Cl)nnc1-c1ccco1. The fourth-order valence-electron chi connectivity index (χ4n) is 2.42. The maximum Gasteiger partial charge on any atom is 0.271 e. The number of benzene rings is 1. The number of anilines is 1. The van der Waals surface area contributed by atoms with Crippen LogP contribution < -0.4 is 5.32 Å². The molecule has 0 saturated carbocycles. The summed E-state index contributed by atoms with van der Waals surface area (Å²) in [5.41, 5.74) is 0.0235. The minimum atomic E-state index is -0.552. The van der Waals surface area contributed by atoms with Gasteiger partial charge in [-0.15, -0.1) is 10.2 Å². The van der Waals surface area contributed by atoms with E-state index in [4.69, 9.17) is 16.0 Å². The van der Waals surface area contributed by atoms with Crippen molar-refractivity contribution in [3.05, 3.63) is 51.7 Å². The van der Waals surface area contributed by atoms with Crippen molar-refractivity contribution in [2.24, 2.45) is 0 Å². The van der Waals surface area contributed by atoms with E-state index in [2.05, 4.69) is 15.5 Å². The molecule has 0 saturated heterocycles. The van der Waals surface area contributed by atoms with E-state index in [9.17, 15) is 14.9 Å². The van der Waals surface area contributed by atoms with Gasteiger partial charge in [-0.2, -0.15) is 0 Å². The topological polar surface area (TPSA) is 116 Å². The molecule has 146 valence electrons. The highest BCUT2D eigenvalue weighted by molar-refractivity contribution is 8.00. The molecule has 1 amide bonds. The molecule has 0 bridgehead atoms. The van der Waals surface area contributed by atoms with E-state index < -0.39 is 10.2 Å². The van der Waals surface area contributed by atoms with E-state index in [1.54, 1.807) is 25.3 Å². The molecular weight excluding hydrogens is 406 g/mol. The van der Waals surface area contributed by atoms with Gasteiger partial charge in [0.2, 0.25) is 5.91 Å². The molecule has 11 heteroatoms. The zero-order chi connectivity index (χ0) is 20.3. The summed E-state index contributed by atoms with van der Waals surface area (Å²) in [7, 11) is 0. The molecule has 3 aromatic rings. The lowest BCUT2D eigenvalue weighted by molar-refractivity contribution is -0.384. The third kappa shape index (κ3) is 4.18. The monoisotopic (exact) mass is 421 g/mol. The molecule has 0 spiro atoms. The highest BCUT2D eigenvalue weighted by Crippen LogP contribution is 2.30. The first-order valence-corrected chi connectivity index (χ1v) is 9.55. The van der Waals surface area contributed by atoms with E-state index in [1.165, 1.54) is 30.0 Å². The van der Waals surface area contributed by atoms with Crippen LogP contribution in [0.15, 0.2) is 46.2 Å². The molecule has 2 heterocycles. The highest BCUT2D eigenvalue weighted by atomic mass is 35.5. The summed E-state index contributed by atoms with van der Waals surface area (Å²) in [6, 6.07) is 7.41. The van der Waals surface area contributed by atoms with Crippen molar-refractivity contribution in [2.45, 2.75) is 30.8 Å². The van der Waals surface area contributed by atoms with Gasteiger partial charge in [-0.05, 0) is 32.0 Å². The Hall–Kier alpha value is -2.85. The molecule has 0 aliphatic rings. The summed E-state index contributed by atoms with van der Waals surface area (Å²) in [5, 5.41) is 22.1. The lowest BCUT2D eigenvalue weighted by Crippen LogP contribution is -2.23. The maximum absolute atomic E-state index is 12.5. The van der Waals surface area contributed by atoms with Crippen molar-refractivity contribution in [1.82, 2.24) is 14.8 Å². The van der Waals surface area contributed by atoms with Crippen molar-refractivity contribution in [2.75, 3.05) is 5.32 Å². The molecule has 0 radical (unpaired) electrons. The van der Waals surface area contributed by atoms with Crippen LogP contribution in [-0.4, -0.2) is 30.8 Å². The minimum absolute atomic E-state index is 0.158. The van der Waals surface area contributed by atoms with Gasteiger partial charge < -0.3 is 9.73 Å². The number of thioether (sulfide) groups is 1. The Morgan fingerprint density at radius 2 is 2.21 bits per heavy atom. The number of nitro groups is 1. The number of rotatable bonds is 7. The Morgan fingerprint density at radius 1 is 1.43 bits per heavy atom. The highest BCUT2D eigenvalue weighted by Gasteiger charge is 2.22. The Labute approximate surface area is 169 Å². The van der Waals surface area contributed by atoms with Gasteiger partial charge in [0.05, 0.1) is 27.1 Å². The summed E-state index contributed by atoms with van der Waals surface area (Å²) >= 11 is 7.25. The molecule has 0 aliphatic carbocycles. The van der Waals surface area contributed by atoms with Crippen LogP contribution in [0.25, 0.3) is 11.6 Å². The number of nitrogens with one attached hydrogen (secondary N) is 1. The van der Waals surface area contributed by atoms with Crippen molar-refractivity contribution < 1.29 is 14.1 Å². The number of nitrogens with zero attached hydrogens (tertiary/aromatic N) is 4. The Bertz CT molecular complexity index is 1010. The van der Waals surface area contributed by atoms with Gasteiger partial charge in [0, 0.05) is 18.7 Å². The van der Waals surface area contributed by atoms with E-state index in [1.807, 2.05) is 11.5 Å². The first-order valence-electron chi connectivity index (χ1n) is 8.29. The van der Waals surface area contributed by atoms with Crippen LogP contribution in [0.2, 0.25) is 5.02 Å². The third-order valence-corrected chi connectivity index (χ3v) is 5.25. The predicted molar refractivity (Wildman–Crippen MR) is 105 cm³/mol. The molecule has 1 unspecified atom stereocenters. The van der Waals surface area contributed by atoms with Crippen LogP contribution in [0.3, 0.4) is 0 Å². The van der Waals surface area contributed by atoms with Crippen LogP contribution in [0, 0.1) is 10.1 Å².